The molecule has 1 aromatic carbocycles. The molecule has 0 radical (unpaired) electrons. The van der Waals surface area contributed by atoms with Gasteiger partial charge in [0.1, 0.15) is 11.6 Å². The number of nitrogens with two attached hydrogens (primary N) is 1. The monoisotopic (exact) mass is 266 g/mol. The molecular formula is C10H11BrN4. The Morgan fingerprint density at radius 2 is 2.07 bits per heavy atom. The number of nitrogens with zero attached hydrogens (tertiary/aromatic N) is 3. The normalized spacial score (nSPS) is 10.6. The number of aryl methyl sites for hydroxylation is 2. The van der Waals surface area contributed by atoms with Gasteiger partial charge in [-0.25, -0.2) is 9.67 Å². The van der Waals surface area contributed by atoms with E-state index < -0.39 is 0 Å². The molecule has 0 spiro atoms. The van der Waals surface area contributed by atoms with E-state index >= 15 is 0 Å². The molecule has 2 aromatic rings. The van der Waals surface area contributed by atoms with E-state index in [1.807, 2.05) is 32.0 Å². The Bertz CT molecular complexity index is 504. The summed E-state index contributed by atoms with van der Waals surface area (Å²) in [6.07, 6.45) is 0. The van der Waals surface area contributed by atoms with E-state index in [-0.39, 0.29) is 0 Å². The highest BCUT2D eigenvalue weighted by Crippen LogP contribution is 2.22. The third-order valence-corrected chi connectivity index (χ3v) is 2.59. The second-order valence-corrected chi connectivity index (χ2v) is 4.24. The van der Waals surface area contributed by atoms with E-state index in [9.17, 15) is 0 Å². The standard InChI is InChI=1S/C10H11BrN4/c1-6-13-7(2)15(14-6)10-4-3-8(11)5-9(10)12/h3-5H,12H2,1-2H3. The van der Waals surface area contributed by atoms with E-state index in [0.29, 0.717) is 5.69 Å². The molecule has 2 rings (SSSR count). The summed E-state index contributed by atoms with van der Waals surface area (Å²) in [6, 6.07) is 5.70. The van der Waals surface area contributed by atoms with E-state index in [1.54, 1.807) is 4.68 Å². The van der Waals surface area contributed by atoms with Crippen molar-refractivity contribution in [3.05, 3.63) is 34.3 Å². The third kappa shape index (κ3) is 1.87. The largest absolute Gasteiger partial charge is 0.397 e. The average molecular weight is 267 g/mol. The van der Waals surface area contributed by atoms with Crippen molar-refractivity contribution in [1.82, 2.24) is 14.8 Å². The molecule has 0 aliphatic heterocycles. The van der Waals surface area contributed by atoms with Crippen LogP contribution in [0, 0.1) is 13.8 Å². The van der Waals surface area contributed by atoms with Gasteiger partial charge < -0.3 is 5.73 Å². The van der Waals surface area contributed by atoms with Crippen LogP contribution >= 0.6 is 15.9 Å². The molecule has 5 heteroatoms. The number of rotatable bonds is 1. The fourth-order valence-electron chi connectivity index (χ4n) is 1.47. The Balaban J connectivity index is 2.59. The van der Waals surface area contributed by atoms with Crippen molar-refractivity contribution >= 4 is 21.6 Å². The van der Waals surface area contributed by atoms with Gasteiger partial charge in [0.05, 0.1) is 11.4 Å². The van der Waals surface area contributed by atoms with Gasteiger partial charge in [-0.3, -0.25) is 0 Å². The minimum Gasteiger partial charge on any atom is -0.397 e. The van der Waals surface area contributed by atoms with E-state index in [4.69, 9.17) is 5.73 Å². The first kappa shape index (κ1) is 10.2. The molecule has 0 unspecified atom stereocenters. The molecule has 0 saturated carbocycles. The Labute approximate surface area is 96.3 Å². The van der Waals surface area contributed by atoms with Crippen LogP contribution in [0.5, 0.6) is 0 Å². The van der Waals surface area contributed by atoms with Crippen molar-refractivity contribution in [1.29, 1.82) is 0 Å². The van der Waals surface area contributed by atoms with Crippen molar-refractivity contribution in [3.8, 4) is 5.69 Å². The van der Waals surface area contributed by atoms with Gasteiger partial charge in [-0.2, -0.15) is 5.10 Å². The van der Waals surface area contributed by atoms with Crippen LogP contribution in [0.15, 0.2) is 22.7 Å². The molecule has 0 aliphatic carbocycles. The Hall–Kier alpha value is -1.36. The fraction of sp³-hybridized carbons (Fsp3) is 0.200. The van der Waals surface area contributed by atoms with Crippen LogP contribution in [0.4, 0.5) is 5.69 Å². The second kappa shape index (κ2) is 3.66. The first-order valence-electron chi connectivity index (χ1n) is 4.53. The lowest BCUT2D eigenvalue weighted by Gasteiger charge is -2.06. The van der Waals surface area contributed by atoms with Crippen LogP contribution in [0.1, 0.15) is 11.6 Å². The summed E-state index contributed by atoms with van der Waals surface area (Å²) in [5.74, 6) is 1.58. The van der Waals surface area contributed by atoms with Crippen LogP contribution < -0.4 is 5.73 Å². The Morgan fingerprint density at radius 3 is 2.60 bits per heavy atom. The lowest BCUT2D eigenvalue weighted by atomic mass is 10.3. The van der Waals surface area contributed by atoms with Gasteiger partial charge >= 0.3 is 0 Å². The molecule has 0 bridgehead atoms. The number of nitrogen functional groups attached to an aromatic ring is 1. The fourth-order valence-corrected chi connectivity index (χ4v) is 1.85. The van der Waals surface area contributed by atoms with Gasteiger partial charge in [-0.05, 0) is 32.0 Å². The highest BCUT2D eigenvalue weighted by atomic mass is 79.9. The summed E-state index contributed by atoms with van der Waals surface area (Å²) < 4.78 is 2.70. The van der Waals surface area contributed by atoms with Gasteiger partial charge in [-0.1, -0.05) is 15.9 Å². The smallest absolute Gasteiger partial charge is 0.148 e. The van der Waals surface area contributed by atoms with Crippen LogP contribution in [-0.2, 0) is 0 Å². The van der Waals surface area contributed by atoms with Gasteiger partial charge in [-0.15, -0.1) is 0 Å². The molecule has 0 amide bonds. The Morgan fingerprint density at radius 1 is 1.33 bits per heavy atom. The van der Waals surface area contributed by atoms with Crippen molar-refractivity contribution in [2.75, 3.05) is 5.73 Å². The first-order valence-corrected chi connectivity index (χ1v) is 5.33. The predicted octanol–water partition coefficient (Wildman–Crippen LogP) is 2.23. The maximum Gasteiger partial charge on any atom is 0.148 e. The maximum atomic E-state index is 5.91. The highest BCUT2D eigenvalue weighted by Gasteiger charge is 2.08. The topological polar surface area (TPSA) is 56.7 Å². The average Bonchev–Trinajstić information content (AvgIpc) is 2.45. The van der Waals surface area contributed by atoms with Crippen LogP contribution in [0.3, 0.4) is 0 Å². The molecule has 1 heterocycles. The van der Waals surface area contributed by atoms with Gasteiger partial charge in [0.2, 0.25) is 0 Å². The summed E-state index contributed by atoms with van der Waals surface area (Å²) in [5.41, 5.74) is 7.45. The summed E-state index contributed by atoms with van der Waals surface area (Å²) in [6.45, 7) is 3.76. The van der Waals surface area contributed by atoms with Crippen molar-refractivity contribution in [2.45, 2.75) is 13.8 Å². The number of hydrogen-bond donors (Lipinski definition) is 1. The molecule has 0 aliphatic rings. The number of benzene rings is 1. The predicted molar refractivity (Wildman–Crippen MR) is 62.9 cm³/mol. The molecule has 0 atom stereocenters. The number of hydrogen-bond acceptors (Lipinski definition) is 3. The highest BCUT2D eigenvalue weighted by molar-refractivity contribution is 9.10. The van der Waals surface area contributed by atoms with E-state index in [1.165, 1.54) is 0 Å². The Kier molecular flexibility index (Phi) is 2.48. The van der Waals surface area contributed by atoms with Crippen molar-refractivity contribution in [3.63, 3.8) is 0 Å². The maximum absolute atomic E-state index is 5.91. The zero-order valence-electron chi connectivity index (χ0n) is 8.53. The first-order chi connectivity index (χ1) is 7.08. The number of halogens is 1. The third-order valence-electron chi connectivity index (χ3n) is 2.09. The minimum absolute atomic E-state index is 0.678. The lowest BCUT2D eigenvalue weighted by Crippen LogP contribution is -2.03. The zero-order chi connectivity index (χ0) is 11.0. The van der Waals surface area contributed by atoms with Crippen LogP contribution in [0.25, 0.3) is 5.69 Å². The molecule has 0 saturated heterocycles. The van der Waals surface area contributed by atoms with Crippen LogP contribution in [-0.4, -0.2) is 14.8 Å². The number of aromatic nitrogens is 3. The van der Waals surface area contributed by atoms with Crippen molar-refractivity contribution < 1.29 is 0 Å². The van der Waals surface area contributed by atoms with Gasteiger partial charge in [0, 0.05) is 4.47 Å². The summed E-state index contributed by atoms with van der Waals surface area (Å²) in [7, 11) is 0. The minimum atomic E-state index is 0.678. The SMILES string of the molecule is Cc1nc(C)n(-c2ccc(Br)cc2N)n1. The summed E-state index contributed by atoms with van der Waals surface area (Å²) in [4.78, 5) is 4.24. The second-order valence-electron chi connectivity index (χ2n) is 3.32. The van der Waals surface area contributed by atoms with E-state index in [2.05, 4.69) is 26.0 Å². The van der Waals surface area contributed by atoms with Crippen LogP contribution in [0.2, 0.25) is 0 Å². The number of anilines is 1. The lowest BCUT2D eigenvalue weighted by molar-refractivity contribution is 0.833. The molecule has 2 N–H and O–H groups in total. The van der Waals surface area contributed by atoms with Gasteiger partial charge in [0.25, 0.3) is 0 Å². The van der Waals surface area contributed by atoms with E-state index in [0.717, 1.165) is 21.8 Å². The zero-order valence-corrected chi connectivity index (χ0v) is 10.1. The van der Waals surface area contributed by atoms with Crippen molar-refractivity contribution in [2.24, 2.45) is 0 Å². The van der Waals surface area contributed by atoms with Gasteiger partial charge in [0.15, 0.2) is 0 Å². The molecular weight excluding hydrogens is 256 g/mol. The molecule has 78 valence electrons. The summed E-state index contributed by atoms with van der Waals surface area (Å²) >= 11 is 3.37. The molecule has 0 fully saturated rings. The summed E-state index contributed by atoms with van der Waals surface area (Å²) in [5, 5.41) is 4.28. The molecule has 1 aromatic heterocycles. The molecule has 4 nitrogen and oxygen atoms in total. The quantitative estimate of drug-likeness (QED) is 0.806. The molecule has 15 heavy (non-hydrogen) atoms.